The molecule has 0 unspecified atom stereocenters. The van der Waals surface area contributed by atoms with Crippen molar-refractivity contribution in [3.63, 3.8) is 0 Å². The van der Waals surface area contributed by atoms with Crippen molar-refractivity contribution in [2.75, 3.05) is 37.6 Å². The Hall–Kier alpha value is -2.04. The van der Waals surface area contributed by atoms with Gasteiger partial charge in [0.15, 0.2) is 6.04 Å². The zero-order valence-electron chi connectivity index (χ0n) is 15.2. The van der Waals surface area contributed by atoms with Crippen LogP contribution < -0.4 is 15.1 Å². The van der Waals surface area contributed by atoms with Gasteiger partial charge in [-0.15, -0.1) is 0 Å². The van der Waals surface area contributed by atoms with Crippen molar-refractivity contribution < 1.29 is 9.69 Å². The molecule has 26 heavy (non-hydrogen) atoms. The van der Waals surface area contributed by atoms with Crippen LogP contribution in [0.5, 0.6) is 0 Å². The average molecular weight is 373 g/mol. The number of anilines is 1. The van der Waals surface area contributed by atoms with Crippen molar-refractivity contribution in [1.82, 2.24) is 5.32 Å². The fraction of sp³-hybridized carbons (Fsp3) is 0.381. The van der Waals surface area contributed by atoms with Crippen molar-refractivity contribution in [3.8, 4) is 0 Å². The lowest BCUT2D eigenvalue weighted by Crippen LogP contribution is -3.19. The Kier molecular flexibility index (Phi) is 6.53. The smallest absolute Gasteiger partial charge is 0.278 e. The van der Waals surface area contributed by atoms with Gasteiger partial charge in [-0.2, -0.15) is 0 Å². The molecule has 138 valence electrons. The first kappa shape index (κ1) is 18.7. The Labute approximate surface area is 160 Å². The summed E-state index contributed by atoms with van der Waals surface area (Å²) in [6.45, 7) is 6.43. The van der Waals surface area contributed by atoms with Crippen LogP contribution in [0.3, 0.4) is 0 Å². The maximum Gasteiger partial charge on any atom is 0.278 e. The highest BCUT2D eigenvalue weighted by Crippen LogP contribution is 2.24. The molecule has 2 aromatic carbocycles. The molecule has 1 saturated heterocycles. The summed E-state index contributed by atoms with van der Waals surface area (Å²) in [4.78, 5) is 16.1. The van der Waals surface area contributed by atoms with Crippen molar-refractivity contribution in [1.29, 1.82) is 0 Å². The van der Waals surface area contributed by atoms with Crippen LogP contribution in [0.2, 0.25) is 5.02 Å². The molecule has 1 aliphatic heterocycles. The van der Waals surface area contributed by atoms with Crippen molar-refractivity contribution in [2.45, 2.75) is 19.4 Å². The average Bonchev–Trinajstić information content (AvgIpc) is 2.69. The summed E-state index contributed by atoms with van der Waals surface area (Å²) in [5.74, 6) is 0.141. The second kappa shape index (κ2) is 9.06. The van der Waals surface area contributed by atoms with Crippen LogP contribution in [-0.2, 0) is 11.2 Å². The van der Waals surface area contributed by atoms with Crippen LogP contribution in [0, 0.1) is 0 Å². The maximum absolute atomic E-state index is 12.5. The predicted molar refractivity (Wildman–Crippen MR) is 107 cm³/mol. The van der Waals surface area contributed by atoms with Crippen LogP contribution in [0.1, 0.15) is 12.5 Å². The lowest BCUT2D eigenvalue weighted by molar-refractivity contribution is -0.914. The molecular formula is C21H27ClN3O+. The molecule has 1 amide bonds. The first-order valence-electron chi connectivity index (χ1n) is 9.31. The predicted octanol–water partition coefficient (Wildman–Crippen LogP) is 1.79. The van der Waals surface area contributed by atoms with E-state index in [4.69, 9.17) is 11.6 Å². The third kappa shape index (κ3) is 4.77. The molecule has 0 spiro atoms. The van der Waals surface area contributed by atoms with E-state index in [1.165, 1.54) is 10.5 Å². The summed E-state index contributed by atoms with van der Waals surface area (Å²) in [6.07, 6.45) is 0.870. The number of hydrogen-bond donors (Lipinski definition) is 2. The van der Waals surface area contributed by atoms with Gasteiger partial charge in [0.05, 0.1) is 36.9 Å². The minimum absolute atomic E-state index is 0.0285. The van der Waals surface area contributed by atoms with E-state index < -0.39 is 0 Å². The number of halogens is 1. The number of benzene rings is 2. The van der Waals surface area contributed by atoms with Crippen LogP contribution in [0.4, 0.5) is 5.69 Å². The van der Waals surface area contributed by atoms with Gasteiger partial charge >= 0.3 is 0 Å². The van der Waals surface area contributed by atoms with Gasteiger partial charge in [-0.1, -0.05) is 54.1 Å². The molecule has 0 aromatic heterocycles. The zero-order valence-corrected chi connectivity index (χ0v) is 16.0. The zero-order chi connectivity index (χ0) is 18.4. The summed E-state index contributed by atoms with van der Waals surface area (Å²) >= 11 is 6.30. The molecular weight excluding hydrogens is 346 g/mol. The molecule has 1 fully saturated rings. The summed E-state index contributed by atoms with van der Waals surface area (Å²) in [5, 5.41) is 3.88. The van der Waals surface area contributed by atoms with Gasteiger partial charge in [-0.3, -0.25) is 4.79 Å². The largest absolute Gasteiger partial charge is 0.359 e. The van der Waals surface area contributed by atoms with Crippen LogP contribution in [-0.4, -0.2) is 44.7 Å². The molecule has 2 N–H and O–H groups in total. The molecule has 1 aliphatic rings. The summed E-state index contributed by atoms with van der Waals surface area (Å²) in [5.41, 5.74) is 2.34. The van der Waals surface area contributed by atoms with Gasteiger partial charge in [-0.25, -0.2) is 0 Å². The van der Waals surface area contributed by atoms with E-state index in [1.54, 1.807) is 0 Å². The minimum Gasteiger partial charge on any atom is -0.359 e. The fourth-order valence-corrected chi connectivity index (χ4v) is 3.74. The molecule has 0 bridgehead atoms. The molecule has 0 radical (unpaired) electrons. The Morgan fingerprint density at radius 2 is 1.77 bits per heavy atom. The van der Waals surface area contributed by atoms with Crippen LogP contribution in [0.25, 0.3) is 0 Å². The van der Waals surface area contributed by atoms with Gasteiger partial charge < -0.3 is 15.1 Å². The van der Waals surface area contributed by atoms with Gasteiger partial charge in [-0.05, 0) is 31.0 Å². The van der Waals surface area contributed by atoms with E-state index in [9.17, 15) is 4.79 Å². The number of rotatable bonds is 6. The van der Waals surface area contributed by atoms with Crippen molar-refractivity contribution >= 4 is 23.2 Å². The number of nitrogens with zero attached hydrogens (tertiary/aromatic N) is 1. The Balaban J connectivity index is 1.45. The molecule has 4 nitrogen and oxygen atoms in total. The van der Waals surface area contributed by atoms with Crippen LogP contribution in [0.15, 0.2) is 54.6 Å². The number of hydrogen-bond acceptors (Lipinski definition) is 2. The number of carbonyl (C=O) groups is 1. The standard InChI is InChI=1S/C21H26ClN3O/c1-17(21(26)23-12-11-18-7-3-2-4-8-18)24-13-15-25(16-14-24)20-10-6-5-9-19(20)22/h2-10,17H,11-16H2,1H3,(H,23,26)/p+1/t17-/m0/s1. The summed E-state index contributed by atoms with van der Waals surface area (Å²) < 4.78 is 0. The molecule has 1 heterocycles. The minimum atomic E-state index is -0.0285. The highest BCUT2D eigenvalue weighted by Gasteiger charge is 2.29. The Morgan fingerprint density at radius 1 is 1.12 bits per heavy atom. The third-order valence-electron chi connectivity index (χ3n) is 5.16. The molecule has 3 rings (SSSR count). The van der Waals surface area contributed by atoms with E-state index in [1.807, 2.05) is 43.3 Å². The maximum atomic E-state index is 12.5. The third-order valence-corrected chi connectivity index (χ3v) is 5.48. The first-order chi connectivity index (χ1) is 12.6. The van der Waals surface area contributed by atoms with Gasteiger partial charge in [0.25, 0.3) is 5.91 Å². The normalized spacial score (nSPS) is 16.3. The second-order valence-electron chi connectivity index (χ2n) is 6.85. The lowest BCUT2D eigenvalue weighted by Gasteiger charge is -2.36. The van der Waals surface area contributed by atoms with E-state index in [-0.39, 0.29) is 11.9 Å². The van der Waals surface area contributed by atoms with E-state index in [2.05, 4.69) is 28.4 Å². The first-order valence-corrected chi connectivity index (χ1v) is 9.68. The van der Waals surface area contributed by atoms with Gasteiger partial charge in [0.1, 0.15) is 0 Å². The number of quaternary nitrogens is 1. The number of nitrogens with one attached hydrogen (secondary N) is 2. The Morgan fingerprint density at radius 3 is 2.46 bits per heavy atom. The lowest BCUT2D eigenvalue weighted by atomic mass is 10.1. The van der Waals surface area contributed by atoms with Crippen LogP contribution >= 0.6 is 11.6 Å². The van der Waals surface area contributed by atoms with E-state index in [0.717, 1.165) is 43.3 Å². The quantitative estimate of drug-likeness (QED) is 0.811. The molecule has 5 heteroatoms. The number of amides is 1. The summed E-state index contributed by atoms with van der Waals surface area (Å²) in [7, 11) is 0. The monoisotopic (exact) mass is 372 g/mol. The molecule has 2 aromatic rings. The number of piperazine rings is 1. The molecule has 0 saturated carbocycles. The number of para-hydroxylation sites is 1. The SMILES string of the molecule is C[C@@H](C(=O)NCCc1ccccc1)[NH+]1CCN(c2ccccc2Cl)CC1. The Bertz CT molecular complexity index is 714. The van der Waals surface area contributed by atoms with E-state index in [0.29, 0.717) is 6.54 Å². The molecule has 0 aliphatic carbocycles. The van der Waals surface area contributed by atoms with Gasteiger partial charge in [0, 0.05) is 6.54 Å². The highest BCUT2D eigenvalue weighted by molar-refractivity contribution is 6.33. The van der Waals surface area contributed by atoms with Crippen molar-refractivity contribution in [3.05, 3.63) is 65.2 Å². The number of carbonyl (C=O) groups excluding carboxylic acids is 1. The van der Waals surface area contributed by atoms with Crippen molar-refractivity contribution in [2.24, 2.45) is 0 Å². The topological polar surface area (TPSA) is 36.8 Å². The van der Waals surface area contributed by atoms with E-state index >= 15 is 0 Å². The second-order valence-corrected chi connectivity index (χ2v) is 7.25. The summed E-state index contributed by atoms with van der Waals surface area (Å²) in [6, 6.07) is 18.2. The highest BCUT2D eigenvalue weighted by atomic mass is 35.5. The fourth-order valence-electron chi connectivity index (χ4n) is 3.49. The molecule has 1 atom stereocenters. The van der Waals surface area contributed by atoms with Gasteiger partial charge in [0.2, 0.25) is 0 Å².